The third kappa shape index (κ3) is 8.89. The standard InChI is InChI=1S/C21H24F4N4O2.HI/c1-2-26-20(29-13-15-7-8-16(22)12-18(15)21(23,24)25)28-10-4-9-27-19(31)14-5-3-6-17(30)11-14;/h3,5-8,11-12,30H,2,4,9-10,13H2,1H3,(H,27,31)(H2,26,28,29);1H. The minimum absolute atomic E-state index is 0. The normalized spacial score (nSPS) is 11.5. The van der Waals surface area contributed by atoms with Crippen LogP contribution in [-0.4, -0.2) is 36.6 Å². The number of halogens is 5. The van der Waals surface area contributed by atoms with Crippen LogP contribution in [0.25, 0.3) is 0 Å². The molecule has 0 bridgehead atoms. The predicted molar refractivity (Wildman–Crippen MR) is 125 cm³/mol. The first-order chi connectivity index (χ1) is 14.7. The zero-order valence-electron chi connectivity index (χ0n) is 17.3. The van der Waals surface area contributed by atoms with E-state index in [9.17, 15) is 27.5 Å². The van der Waals surface area contributed by atoms with Crippen molar-refractivity contribution in [2.75, 3.05) is 19.6 Å². The van der Waals surface area contributed by atoms with Crippen LogP contribution in [-0.2, 0) is 12.7 Å². The molecule has 2 rings (SSSR count). The molecular formula is C21H25F4IN4O2. The molecule has 4 N–H and O–H groups in total. The molecule has 0 unspecified atom stereocenters. The molecule has 32 heavy (non-hydrogen) atoms. The van der Waals surface area contributed by atoms with E-state index in [1.807, 2.05) is 6.92 Å². The summed E-state index contributed by atoms with van der Waals surface area (Å²) in [6.45, 7) is 2.78. The summed E-state index contributed by atoms with van der Waals surface area (Å²) in [4.78, 5) is 16.1. The van der Waals surface area contributed by atoms with Gasteiger partial charge in [-0.2, -0.15) is 13.2 Å². The van der Waals surface area contributed by atoms with Crippen LogP contribution in [0.1, 0.15) is 34.8 Å². The van der Waals surface area contributed by atoms with Crippen LogP contribution in [0.5, 0.6) is 5.75 Å². The molecule has 0 spiro atoms. The number of amides is 1. The van der Waals surface area contributed by atoms with Gasteiger partial charge in [0, 0.05) is 25.2 Å². The second-order valence-corrected chi connectivity index (χ2v) is 6.58. The Labute approximate surface area is 200 Å². The molecule has 1 amide bonds. The van der Waals surface area contributed by atoms with Crippen LogP contribution in [0.15, 0.2) is 47.5 Å². The summed E-state index contributed by atoms with van der Waals surface area (Å²) in [6.07, 6.45) is -4.15. The Morgan fingerprint density at radius 2 is 1.78 bits per heavy atom. The maximum absolute atomic E-state index is 13.2. The summed E-state index contributed by atoms with van der Waals surface area (Å²) >= 11 is 0. The van der Waals surface area contributed by atoms with Gasteiger partial charge in [-0.15, -0.1) is 24.0 Å². The topological polar surface area (TPSA) is 85.8 Å². The van der Waals surface area contributed by atoms with Crippen molar-refractivity contribution in [2.45, 2.75) is 26.1 Å². The van der Waals surface area contributed by atoms with E-state index in [0.717, 1.165) is 12.1 Å². The largest absolute Gasteiger partial charge is 0.508 e. The minimum Gasteiger partial charge on any atom is -0.508 e. The number of benzene rings is 2. The number of carbonyl (C=O) groups is 1. The highest BCUT2D eigenvalue weighted by Crippen LogP contribution is 2.32. The molecule has 0 saturated carbocycles. The molecule has 0 heterocycles. The van der Waals surface area contributed by atoms with E-state index in [0.29, 0.717) is 43.6 Å². The Morgan fingerprint density at radius 1 is 1.06 bits per heavy atom. The summed E-state index contributed by atoms with van der Waals surface area (Å²) in [5.74, 6) is -0.986. The molecule has 6 nitrogen and oxygen atoms in total. The van der Waals surface area contributed by atoms with E-state index >= 15 is 0 Å². The van der Waals surface area contributed by atoms with Gasteiger partial charge in [-0.05, 0) is 49.2 Å². The van der Waals surface area contributed by atoms with E-state index in [2.05, 4.69) is 20.9 Å². The zero-order valence-corrected chi connectivity index (χ0v) is 19.6. The van der Waals surface area contributed by atoms with Gasteiger partial charge in [0.05, 0.1) is 12.1 Å². The molecular weight excluding hydrogens is 543 g/mol. The molecule has 11 heteroatoms. The maximum atomic E-state index is 13.2. The van der Waals surface area contributed by atoms with Crippen molar-refractivity contribution >= 4 is 35.8 Å². The number of phenolic OH excluding ortho intramolecular Hbond substituents is 1. The quantitative estimate of drug-likeness (QED) is 0.127. The fourth-order valence-corrected chi connectivity index (χ4v) is 2.70. The van der Waals surface area contributed by atoms with Crippen molar-refractivity contribution in [3.05, 3.63) is 65.0 Å². The number of aromatic hydroxyl groups is 1. The van der Waals surface area contributed by atoms with Crippen molar-refractivity contribution in [2.24, 2.45) is 4.99 Å². The zero-order chi connectivity index (χ0) is 22.9. The first-order valence-corrected chi connectivity index (χ1v) is 9.65. The van der Waals surface area contributed by atoms with Crippen molar-refractivity contribution < 1.29 is 27.5 Å². The lowest BCUT2D eigenvalue weighted by Crippen LogP contribution is -2.38. The molecule has 176 valence electrons. The smallest absolute Gasteiger partial charge is 0.416 e. The van der Waals surface area contributed by atoms with Crippen LogP contribution in [0.3, 0.4) is 0 Å². The second kappa shape index (κ2) is 13.1. The lowest BCUT2D eigenvalue weighted by Gasteiger charge is -2.14. The van der Waals surface area contributed by atoms with E-state index in [1.54, 1.807) is 12.1 Å². The molecule has 0 atom stereocenters. The van der Waals surface area contributed by atoms with E-state index in [4.69, 9.17) is 0 Å². The molecule has 0 fully saturated rings. The number of nitrogens with one attached hydrogen (secondary N) is 3. The number of aliphatic imine (C=N–C) groups is 1. The third-order valence-corrected chi connectivity index (χ3v) is 4.17. The number of hydrogen-bond acceptors (Lipinski definition) is 3. The monoisotopic (exact) mass is 568 g/mol. The van der Waals surface area contributed by atoms with E-state index in [1.165, 1.54) is 12.1 Å². The Bertz CT molecular complexity index is 923. The SMILES string of the molecule is CCNC(=NCc1ccc(F)cc1C(F)(F)F)NCCCNC(=O)c1cccc(O)c1.I. The third-order valence-electron chi connectivity index (χ3n) is 4.17. The molecule has 0 saturated heterocycles. The van der Waals surface area contributed by atoms with E-state index in [-0.39, 0.29) is 47.7 Å². The fourth-order valence-electron chi connectivity index (χ4n) is 2.70. The van der Waals surface area contributed by atoms with Gasteiger partial charge in [0.25, 0.3) is 5.91 Å². The summed E-state index contributed by atoms with van der Waals surface area (Å²) in [5, 5.41) is 18.0. The summed E-state index contributed by atoms with van der Waals surface area (Å²) in [6, 6.07) is 8.46. The number of nitrogens with zero attached hydrogens (tertiary/aromatic N) is 1. The number of carbonyl (C=O) groups excluding carboxylic acids is 1. The number of rotatable bonds is 8. The highest BCUT2D eigenvalue weighted by Gasteiger charge is 2.33. The van der Waals surface area contributed by atoms with Crippen molar-refractivity contribution in [1.29, 1.82) is 0 Å². The van der Waals surface area contributed by atoms with Crippen LogP contribution < -0.4 is 16.0 Å². The molecule has 0 aliphatic carbocycles. The van der Waals surface area contributed by atoms with Crippen LogP contribution in [0.4, 0.5) is 17.6 Å². The molecule has 0 aromatic heterocycles. The van der Waals surface area contributed by atoms with Gasteiger partial charge in [0.1, 0.15) is 11.6 Å². The average Bonchev–Trinajstić information content (AvgIpc) is 2.71. The Hall–Kier alpha value is -2.57. The highest BCUT2D eigenvalue weighted by atomic mass is 127. The predicted octanol–water partition coefficient (Wildman–Crippen LogP) is 4.04. The van der Waals surface area contributed by atoms with Crippen LogP contribution in [0.2, 0.25) is 0 Å². The van der Waals surface area contributed by atoms with Crippen molar-refractivity contribution in [3.63, 3.8) is 0 Å². The van der Waals surface area contributed by atoms with Crippen LogP contribution in [0, 0.1) is 5.82 Å². The van der Waals surface area contributed by atoms with Gasteiger partial charge in [-0.1, -0.05) is 12.1 Å². The van der Waals surface area contributed by atoms with E-state index < -0.39 is 17.6 Å². The summed E-state index contributed by atoms with van der Waals surface area (Å²) in [7, 11) is 0. The lowest BCUT2D eigenvalue weighted by molar-refractivity contribution is -0.138. The Morgan fingerprint density at radius 3 is 2.44 bits per heavy atom. The number of guanidine groups is 1. The number of hydrogen-bond donors (Lipinski definition) is 4. The van der Waals surface area contributed by atoms with Crippen molar-refractivity contribution in [3.8, 4) is 5.75 Å². The fraction of sp³-hybridized carbons (Fsp3) is 0.333. The Balaban J connectivity index is 0.00000512. The van der Waals surface area contributed by atoms with Gasteiger partial charge in [0.2, 0.25) is 0 Å². The summed E-state index contributed by atoms with van der Waals surface area (Å²) < 4.78 is 52.5. The second-order valence-electron chi connectivity index (χ2n) is 6.58. The lowest BCUT2D eigenvalue weighted by atomic mass is 10.1. The van der Waals surface area contributed by atoms with Gasteiger partial charge < -0.3 is 21.1 Å². The minimum atomic E-state index is -4.67. The molecule has 0 aliphatic rings. The number of phenols is 1. The highest BCUT2D eigenvalue weighted by molar-refractivity contribution is 14.0. The molecule has 2 aromatic carbocycles. The Kier molecular flexibility index (Phi) is 11.2. The van der Waals surface area contributed by atoms with Gasteiger partial charge in [-0.3, -0.25) is 4.79 Å². The first kappa shape index (κ1) is 27.5. The van der Waals surface area contributed by atoms with Crippen molar-refractivity contribution in [1.82, 2.24) is 16.0 Å². The number of alkyl halides is 3. The van der Waals surface area contributed by atoms with Crippen LogP contribution >= 0.6 is 24.0 Å². The maximum Gasteiger partial charge on any atom is 0.416 e. The first-order valence-electron chi connectivity index (χ1n) is 9.65. The van der Waals surface area contributed by atoms with Gasteiger partial charge >= 0.3 is 6.18 Å². The van der Waals surface area contributed by atoms with Gasteiger partial charge in [-0.25, -0.2) is 9.38 Å². The van der Waals surface area contributed by atoms with Gasteiger partial charge in [0.15, 0.2) is 5.96 Å². The molecule has 2 aromatic rings. The molecule has 0 radical (unpaired) electrons. The molecule has 0 aliphatic heterocycles. The average molecular weight is 568 g/mol. The summed E-state index contributed by atoms with van der Waals surface area (Å²) in [5.41, 5.74) is -0.853.